The second-order valence-electron chi connectivity index (χ2n) is 10.3. The van der Waals surface area contributed by atoms with Crippen LogP contribution in [0.5, 0.6) is 5.75 Å². The first kappa shape index (κ1) is 27.3. The zero-order chi connectivity index (χ0) is 27.9. The van der Waals surface area contributed by atoms with Crippen molar-refractivity contribution in [2.45, 2.75) is 38.6 Å². The first-order chi connectivity index (χ1) is 18.4. The molecular weight excluding hydrogens is 534 g/mol. The lowest BCUT2D eigenvalue weighted by atomic mass is 9.93. The van der Waals surface area contributed by atoms with Gasteiger partial charge < -0.3 is 9.30 Å². The Morgan fingerprint density at radius 1 is 1.08 bits per heavy atom. The Labute approximate surface area is 225 Å². The largest absolute Gasteiger partial charge is 0.573 e. The van der Waals surface area contributed by atoms with Gasteiger partial charge in [0.05, 0.1) is 23.1 Å². The molecule has 3 aromatic heterocycles. The van der Waals surface area contributed by atoms with Crippen LogP contribution in [-0.2, 0) is 24.3 Å². The zero-order valence-corrected chi connectivity index (χ0v) is 22.7. The van der Waals surface area contributed by atoms with Crippen LogP contribution in [0.25, 0.3) is 27.8 Å². The molecule has 0 spiro atoms. The minimum absolute atomic E-state index is 0.0848. The van der Waals surface area contributed by atoms with Crippen molar-refractivity contribution in [3.63, 3.8) is 0 Å². The molecule has 208 valence electrons. The molecule has 4 heterocycles. The van der Waals surface area contributed by atoms with Crippen LogP contribution < -0.4 is 4.74 Å². The SMILES string of the molecule is Cn1cc(-n2cc(CCC(C)(C)N3CCS(=O)CC3)c3cnc(-c4ccc(OC(F)(F)F)c(F)c4)cc32)cn1. The van der Waals surface area contributed by atoms with E-state index in [0.29, 0.717) is 22.8 Å². The van der Waals surface area contributed by atoms with Crippen LogP contribution in [0.4, 0.5) is 17.6 Å². The van der Waals surface area contributed by atoms with E-state index in [2.05, 4.69) is 39.8 Å². The third-order valence-corrected chi connectivity index (χ3v) is 8.51. The molecule has 0 unspecified atom stereocenters. The van der Waals surface area contributed by atoms with Gasteiger partial charge in [-0.25, -0.2) is 4.39 Å². The predicted molar refractivity (Wildman–Crippen MR) is 142 cm³/mol. The zero-order valence-electron chi connectivity index (χ0n) is 21.8. The number of aromatic nitrogens is 4. The van der Waals surface area contributed by atoms with E-state index >= 15 is 0 Å². The number of halogens is 4. The molecule has 1 fully saturated rings. The highest BCUT2D eigenvalue weighted by Crippen LogP contribution is 2.33. The molecule has 39 heavy (non-hydrogen) atoms. The monoisotopic (exact) mass is 563 g/mol. The number of nitrogens with zero attached hydrogens (tertiary/aromatic N) is 5. The molecule has 0 saturated carbocycles. The Bertz CT molecular complexity index is 1520. The van der Waals surface area contributed by atoms with E-state index in [4.69, 9.17) is 0 Å². The van der Waals surface area contributed by atoms with Crippen LogP contribution in [0.15, 0.2) is 49.1 Å². The van der Waals surface area contributed by atoms with Gasteiger partial charge in [-0.1, -0.05) is 0 Å². The highest BCUT2D eigenvalue weighted by Gasteiger charge is 2.32. The molecule has 0 aliphatic carbocycles. The van der Waals surface area contributed by atoms with Crippen molar-refractivity contribution in [3.05, 3.63) is 60.4 Å². The molecular formula is C27H29F4N5O2S. The fourth-order valence-electron chi connectivity index (χ4n) is 5.00. The summed E-state index contributed by atoms with van der Waals surface area (Å²) in [5.74, 6) is -0.629. The van der Waals surface area contributed by atoms with E-state index in [1.807, 2.05) is 17.8 Å². The number of benzene rings is 1. The van der Waals surface area contributed by atoms with E-state index in [0.717, 1.165) is 60.2 Å². The molecule has 12 heteroatoms. The highest BCUT2D eigenvalue weighted by atomic mass is 32.2. The summed E-state index contributed by atoms with van der Waals surface area (Å²) in [6.07, 6.45) is 4.06. The fraction of sp³-hybridized carbons (Fsp3) is 0.407. The fourth-order valence-corrected chi connectivity index (χ4v) is 6.05. The van der Waals surface area contributed by atoms with Crippen molar-refractivity contribution >= 4 is 21.7 Å². The molecule has 0 bridgehead atoms. The normalized spacial score (nSPS) is 15.8. The minimum atomic E-state index is -4.98. The lowest BCUT2D eigenvalue weighted by Crippen LogP contribution is -2.50. The number of hydrogen-bond acceptors (Lipinski definition) is 5. The second kappa shape index (κ2) is 10.4. The van der Waals surface area contributed by atoms with Crippen molar-refractivity contribution < 1.29 is 26.5 Å². The third kappa shape index (κ3) is 6.01. The van der Waals surface area contributed by atoms with Crippen molar-refractivity contribution in [2.24, 2.45) is 7.05 Å². The van der Waals surface area contributed by atoms with E-state index in [1.165, 1.54) is 6.07 Å². The van der Waals surface area contributed by atoms with Crippen LogP contribution in [0.1, 0.15) is 25.8 Å². The molecule has 0 N–H and O–H groups in total. The third-order valence-electron chi connectivity index (χ3n) is 7.24. The number of alkyl halides is 3. The van der Waals surface area contributed by atoms with Crippen LogP contribution in [-0.4, -0.2) is 64.9 Å². The summed E-state index contributed by atoms with van der Waals surface area (Å²) in [6, 6.07) is 5.09. The summed E-state index contributed by atoms with van der Waals surface area (Å²) < 4.78 is 71.4. The second-order valence-corrected chi connectivity index (χ2v) is 12.0. The lowest BCUT2D eigenvalue weighted by Gasteiger charge is -2.40. The highest BCUT2D eigenvalue weighted by molar-refractivity contribution is 7.85. The maximum Gasteiger partial charge on any atom is 0.573 e. The smallest absolute Gasteiger partial charge is 0.403 e. The molecule has 7 nitrogen and oxygen atoms in total. The van der Waals surface area contributed by atoms with Gasteiger partial charge in [0.25, 0.3) is 0 Å². The molecule has 4 aromatic rings. The van der Waals surface area contributed by atoms with Gasteiger partial charge in [-0.3, -0.25) is 18.8 Å². The minimum Gasteiger partial charge on any atom is -0.403 e. The molecule has 0 atom stereocenters. The number of hydrogen-bond donors (Lipinski definition) is 0. The number of fused-ring (bicyclic) bond motifs is 1. The molecule has 1 aromatic carbocycles. The Morgan fingerprint density at radius 2 is 1.82 bits per heavy atom. The molecule has 0 amide bonds. The summed E-state index contributed by atoms with van der Waals surface area (Å²) in [5.41, 5.74) is 3.40. The van der Waals surface area contributed by atoms with E-state index in [-0.39, 0.29) is 5.54 Å². The quantitative estimate of drug-likeness (QED) is 0.288. The average Bonchev–Trinajstić information content (AvgIpc) is 3.46. The Kier molecular flexibility index (Phi) is 7.27. The number of rotatable bonds is 7. The molecule has 1 aliphatic heterocycles. The Morgan fingerprint density at radius 3 is 2.46 bits per heavy atom. The predicted octanol–water partition coefficient (Wildman–Crippen LogP) is 5.24. The van der Waals surface area contributed by atoms with Gasteiger partial charge in [0.15, 0.2) is 11.6 Å². The van der Waals surface area contributed by atoms with Gasteiger partial charge in [0, 0.05) is 77.5 Å². The van der Waals surface area contributed by atoms with Gasteiger partial charge in [0.2, 0.25) is 0 Å². The van der Waals surface area contributed by atoms with Gasteiger partial charge in [0.1, 0.15) is 0 Å². The topological polar surface area (TPSA) is 65.2 Å². The van der Waals surface area contributed by atoms with Crippen molar-refractivity contribution in [1.29, 1.82) is 0 Å². The van der Waals surface area contributed by atoms with Gasteiger partial charge in [-0.2, -0.15) is 5.10 Å². The van der Waals surface area contributed by atoms with E-state index in [1.54, 1.807) is 23.1 Å². The first-order valence-corrected chi connectivity index (χ1v) is 14.0. The van der Waals surface area contributed by atoms with Crippen molar-refractivity contribution in [2.75, 3.05) is 24.6 Å². The lowest BCUT2D eigenvalue weighted by molar-refractivity contribution is -0.275. The van der Waals surface area contributed by atoms with Gasteiger partial charge in [-0.05, 0) is 56.5 Å². The molecule has 5 rings (SSSR count). The van der Waals surface area contributed by atoms with Gasteiger partial charge in [-0.15, -0.1) is 13.2 Å². The van der Waals surface area contributed by atoms with Crippen LogP contribution in [0, 0.1) is 5.82 Å². The molecule has 1 saturated heterocycles. The van der Waals surface area contributed by atoms with Crippen LogP contribution in [0.2, 0.25) is 0 Å². The van der Waals surface area contributed by atoms with Crippen LogP contribution in [0.3, 0.4) is 0 Å². The summed E-state index contributed by atoms with van der Waals surface area (Å²) in [7, 11) is 1.09. The maximum absolute atomic E-state index is 14.4. The van der Waals surface area contributed by atoms with Crippen LogP contribution >= 0.6 is 0 Å². The summed E-state index contributed by atoms with van der Waals surface area (Å²) >= 11 is 0. The van der Waals surface area contributed by atoms with Crippen molar-refractivity contribution in [3.8, 4) is 22.7 Å². The first-order valence-electron chi connectivity index (χ1n) is 12.5. The number of ether oxygens (including phenoxy) is 1. The van der Waals surface area contributed by atoms with Crippen molar-refractivity contribution in [1.82, 2.24) is 24.2 Å². The average molecular weight is 564 g/mol. The summed E-state index contributed by atoms with van der Waals surface area (Å²) in [5, 5.41) is 5.21. The van der Waals surface area contributed by atoms with Gasteiger partial charge >= 0.3 is 6.36 Å². The summed E-state index contributed by atoms with van der Waals surface area (Å²) in [6.45, 7) is 6.04. The molecule has 1 aliphatic rings. The molecule has 0 radical (unpaired) electrons. The van der Waals surface area contributed by atoms with E-state index in [9.17, 15) is 21.8 Å². The number of aryl methyl sites for hydroxylation is 2. The summed E-state index contributed by atoms with van der Waals surface area (Å²) in [4.78, 5) is 6.92. The van der Waals surface area contributed by atoms with E-state index < -0.39 is 28.7 Å². The Hall–Kier alpha value is -3.25. The standard InChI is InChI=1S/C27H29F4N5O2S/c1-26(2,35-8-10-39(37)11-9-35)7-6-19-16-36(20-14-33-34(3)17-20)24-13-23(32-15-21(19)24)18-4-5-25(22(28)12-18)38-27(29,30)31/h4-5,12-17H,6-11H2,1-3H3. The Balaban J connectivity index is 1.48. The number of pyridine rings is 1. The maximum atomic E-state index is 14.4.